The molecule has 4 nitrogen and oxygen atoms in total. The predicted molar refractivity (Wildman–Crippen MR) is 104 cm³/mol. The lowest BCUT2D eigenvalue weighted by atomic mass is 10.0. The lowest BCUT2D eigenvalue weighted by Gasteiger charge is -2.35. The summed E-state index contributed by atoms with van der Waals surface area (Å²) in [7, 11) is 0. The first-order chi connectivity index (χ1) is 11.3. The Hall–Kier alpha value is -1.14. The van der Waals surface area contributed by atoms with Gasteiger partial charge in [0.1, 0.15) is 0 Å². The SMILES string of the molecule is Cl.NCCC(=O)NCC1CCCCN1Cc1cc2ccccc2s1. The summed E-state index contributed by atoms with van der Waals surface area (Å²) in [6, 6.07) is 11.3. The second-order valence-electron chi connectivity index (χ2n) is 6.21. The molecular weight excluding hydrogens is 342 g/mol. The Balaban J connectivity index is 0.00000208. The molecule has 1 fully saturated rings. The number of hydrogen-bond donors (Lipinski definition) is 2. The molecule has 1 aliphatic heterocycles. The van der Waals surface area contributed by atoms with E-state index in [0.717, 1.165) is 26.1 Å². The van der Waals surface area contributed by atoms with Crippen molar-refractivity contribution in [2.75, 3.05) is 19.6 Å². The van der Waals surface area contributed by atoms with E-state index in [-0.39, 0.29) is 18.3 Å². The van der Waals surface area contributed by atoms with Crippen LogP contribution in [0.2, 0.25) is 0 Å². The summed E-state index contributed by atoms with van der Waals surface area (Å²) in [4.78, 5) is 15.6. The van der Waals surface area contributed by atoms with Crippen molar-refractivity contribution >= 4 is 39.7 Å². The van der Waals surface area contributed by atoms with Gasteiger partial charge in [-0.2, -0.15) is 0 Å². The first-order valence-electron chi connectivity index (χ1n) is 8.44. The molecule has 1 aromatic carbocycles. The minimum absolute atomic E-state index is 0. The predicted octanol–water partition coefficient (Wildman–Crippen LogP) is 3.14. The van der Waals surface area contributed by atoms with Gasteiger partial charge in [-0.1, -0.05) is 24.6 Å². The highest BCUT2D eigenvalue weighted by molar-refractivity contribution is 7.19. The molecule has 0 radical (unpaired) electrons. The monoisotopic (exact) mass is 367 g/mol. The minimum atomic E-state index is 0. The Kier molecular flexibility index (Phi) is 7.49. The summed E-state index contributed by atoms with van der Waals surface area (Å²) in [6.07, 6.45) is 4.08. The van der Waals surface area contributed by atoms with Crippen molar-refractivity contribution in [3.05, 3.63) is 35.2 Å². The van der Waals surface area contributed by atoms with E-state index in [9.17, 15) is 4.79 Å². The third-order valence-electron chi connectivity index (χ3n) is 4.49. The maximum absolute atomic E-state index is 11.7. The van der Waals surface area contributed by atoms with Crippen molar-refractivity contribution < 1.29 is 4.79 Å². The van der Waals surface area contributed by atoms with Gasteiger partial charge in [0.25, 0.3) is 0 Å². The molecule has 3 N–H and O–H groups in total. The summed E-state index contributed by atoms with van der Waals surface area (Å²) in [5, 5.41) is 4.37. The lowest BCUT2D eigenvalue weighted by molar-refractivity contribution is -0.121. The molecular formula is C18H26ClN3OS. The highest BCUT2D eigenvalue weighted by Gasteiger charge is 2.23. The molecule has 0 aliphatic carbocycles. The zero-order valence-corrected chi connectivity index (χ0v) is 15.5. The third kappa shape index (κ3) is 4.93. The number of likely N-dealkylation sites (tertiary alicyclic amines) is 1. The molecule has 6 heteroatoms. The molecule has 0 saturated carbocycles. The van der Waals surface area contributed by atoms with E-state index >= 15 is 0 Å². The van der Waals surface area contributed by atoms with Gasteiger partial charge in [-0.15, -0.1) is 23.7 Å². The largest absolute Gasteiger partial charge is 0.354 e. The number of carbonyl (C=O) groups excluding carboxylic acids is 1. The number of amides is 1. The number of halogens is 1. The van der Waals surface area contributed by atoms with E-state index in [1.807, 2.05) is 11.3 Å². The molecule has 0 bridgehead atoms. The van der Waals surface area contributed by atoms with Crippen LogP contribution in [0.1, 0.15) is 30.6 Å². The number of piperidine rings is 1. The number of carbonyl (C=O) groups is 1. The van der Waals surface area contributed by atoms with Crippen LogP contribution < -0.4 is 11.1 Å². The maximum Gasteiger partial charge on any atom is 0.221 e. The van der Waals surface area contributed by atoms with Gasteiger partial charge in [0.15, 0.2) is 0 Å². The molecule has 1 unspecified atom stereocenters. The normalized spacial score (nSPS) is 18.3. The number of nitrogens with zero attached hydrogens (tertiary/aromatic N) is 1. The van der Waals surface area contributed by atoms with Gasteiger partial charge < -0.3 is 11.1 Å². The zero-order chi connectivity index (χ0) is 16.1. The first kappa shape index (κ1) is 19.2. The fourth-order valence-corrected chi connectivity index (χ4v) is 4.36. The summed E-state index contributed by atoms with van der Waals surface area (Å²) < 4.78 is 1.35. The highest BCUT2D eigenvalue weighted by atomic mass is 35.5. The van der Waals surface area contributed by atoms with Crippen LogP contribution in [-0.4, -0.2) is 36.5 Å². The standard InChI is InChI=1S/C18H25N3OS.ClH/c19-9-8-18(22)20-12-15-6-3-4-10-21(15)13-16-11-14-5-1-2-7-17(14)23-16;/h1-2,5,7,11,15H,3-4,6,8-10,12-13,19H2,(H,20,22);1H. The summed E-state index contributed by atoms with van der Waals surface area (Å²) in [6.45, 7) is 3.26. The molecule has 1 amide bonds. The number of fused-ring (bicyclic) bond motifs is 1. The van der Waals surface area contributed by atoms with Gasteiger partial charge in [0.2, 0.25) is 5.91 Å². The summed E-state index contributed by atoms with van der Waals surface area (Å²) in [5.74, 6) is 0.0693. The minimum Gasteiger partial charge on any atom is -0.354 e. The van der Waals surface area contributed by atoms with Crippen LogP contribution in [0.3, 0.4) is 0 Å². The molecule has 0 spiro atoms. The van der Waals surface area contributed by atoms with Gasteiger partial charge in [-0.05, 0) is 36.9 Å². The Morgan fingerprint density at radius 3 is 2.96 bits per heavy atom. The van der Waals surface area contributed by atoms with Crippen LogP contribution in [0.5, 0.6) is 0 Å². The molecule has 2 aromatic rings. The van der Waals surface area contributed by atoms with Crippen molar-refractivity contribution in [1.29, 1.82) is 0 Å². The Labute approximate surface area is 153 Å². The van der Waals surface area contributed by atoms with E-state index in [1.54, 1.807) is 0 Å². The summed E-state index contributed by atoms with van der Waals surface area (Å²) >= 11 is 1.88. The number of hydrogen-bond acceptors (Lipinski definition) is 4. The fraction of sp³-hybridized carbons (Fsp3) is 0.500. The number of nitrogens with one attached hydrogen (secondary N) is 1. The van der Waals surface area contributed by atoms with E-state index in [4.69, 9.17) is 5.73 Å². The van der Waals surface area contributed by atoms with Crippen LogP contribution >= 0.6 is 23.7 Å². The second kappa shape index (κ2) is 9.37. The van der Waals surface area contributed by atoms with Gasteiger partial charge in [0.05, 0.1) is 0 Å². The Morgan fingerprint density at radius 2 is 2.17 bits per heavy atom. The maximum atomic E-state index is 11.7. The molecule has 132 valence electrons. The van der Waals surface area contributed by atoms with Crippen LogP contribution in [0.25, 0.3) is 10.1 Å². The molecule has 1 aromatic heterocycles. The molecule has 24 heavy (non-hydrogen) atoms. The number of nitrogens with two attached hydrogens (primary N) is 1. The third-order valence-corrected chi connectivity index (χ3v) is 5.59. The van der Waals surface area contributed by atoms with Gasteiger partial charge in [-0.3, -0.25) is 9.69 Å². The molecule has 3 rings (SSSR count). The molecule has 1 saturated heterocycles. The van der Waals surface area contributed by atoms with Gasteiger partial charge >= 0.3 is 0 Å². The van der Waals surface area contributed by atoms with Gasteiger partial charge in [-0.25, -0.2) is 0 Å². The Morgan fingerprint density at radius 1 is 1.33 bits per heavy atom. The number of rotatable bonds is 6. The van der Waals surface area contributed by atoms with Crippen LogP contribution in [0.4, 0.5) is 0 Å². The average molecular weight is 368 g/mol. The molecule has 1 atom stereocenters. The van der Waals surface area contributed by atoms with Crippen LogP contribution in [-0.2, 0) is 11.3 Å². The van der Waals surface area contributed by atoms with E-state index in [2.05, 4.69) is 40.5 Å². The number of thiophene rings is 1. The van der Waals surface area contributed by atoms with Gasteiger partial charge in [0, 0.05) is 41.7 Å². The van der Waals surface area contributed by atoms with E-state index in [1.165, 1.54) is 27.8 Å². The van der Waals surface area contributed by atoms with Crippen LogP contribution in [0, 0.1) is 0 Å². The lowest BCUT2D eigenvalue weighted by Crippen LogP contribution is -2.46. The van der Waals surface area contributed by atoms with Crippen LogP contribution in [0.15, 0.2) is 30.3 Å². The Bertz CT molecular complexity index is 628. The van der Waals surface area contributed by atoms with Crippen molar-refractivity contribution in [1.82, 2.24) is 10.2 Å². The van der Waals surface area contributed by atoms with Crippen molar-refractivity contribution in [3.63, 3.8) is 0 Å². The zero-order valence-electron chi connectivity index (χ0n) is 13.9. The molecule has 2 heterocycles. The van der Waals surface area contributed by atoms with E-state index in [0.29, 0.717) is 19.0 Å². The first-order valence-corrected chi connectivity index (χ1v) is 9.26. The van der Waals surface area contributed by atoms with E-state index < -0.39 is 0 Å². The van der Waals surface area contributed by atoms with Crippen molar-refractivity contribution in [2.24, 2.45) is 5.73 Å². The topological polar surface area (TPSA) is 58.4 Å². The van der Waals surface area contributed by atoms with Crippen molar-refractivity contribution in [3.8, 4) is 0 Å². The quantitative estimate of drug-likeness (QED) is 0.824. The number of benzene rings is 1. The second-order valence-corrected chi connectivity index (χ2v) is 7.38. The smallest absolute Gasteiger partial charge is 0.221 e. The summed E-state index contributed by atoms with van der Waals surface area (Å²) in [5.41, 5.74) is 5.43. The molecule has 1 aliphatic rings. The van der Waals surface area contributed by atoms with Crippen molar-refractivity contribution in [2.45, 2.75) is 38.3 Å². The average Bonchev–Trinajstić information content (AvgIpc) is 2.96. The highest BCUT2D eigenvalue weighted by Crippen LogP contribution is 2.28. The fourth-order valence-electron chi connectivity index (χ4n) is 3.27.